The molecular weight excluding hydrogens is 861 g/mol. The summed E-state index contributed by atoms with van der Waals surface area (Å²) in [6.07, 6.45) is -3.14. The Bertz CT molecular complexity index is 1530. The Kier molecular flexibility index (Phi) is 19.2. The molecule has 14 heteroatoms. The molecule has 0 aromatic heterocycles. The van der Waals surface area contributed by atoms with Crippen LogP contribution in [-0.2, 0) is 38.2 Å². The molecule has 0 unspecified atom stereocenters. The van der Waals surface area contributed by atoms with Gasteiger partial charge in [-0.2, -0.15) is 0 Å². The topological polar surface area (TPSA) is 94.1 Å². The molecule has 0 aliphatic carbocycles. The lowest BCUT2D eigenvalue weighted by Gasteiger charge is -2.55. The van der Waals surface area contributed by atoms with E-state index < -0.39 is 78.2 Å². The van der Waals surface area contributed by atoms with Crippen molar-refractivity contribution in [2.24, 2.45) is 0 Å². The van der Waals surface area contributed by atoms with Gasteiger partial charge in [-0.3, -0.25) is 0 Å². The first-order valence-electron chi connectivity index (χ1n) is 23.4. The zero-order valence-corrected chi connectivity index (χ0v) is 49.9. The van der Waals surface area contributed by atoms with Crippen LogP contribution in [0.1, 0.15) is 116 Å². The van der Waals surface area contributed by atoms with E-state index in [4.69, 9.17) is 36.3 Å². The van der Waals surface area contributed by atoms with Crippen molar-refractivity contribution in [3.63, 3.8) is 0 Å². The third-order valence-electron chi connectivity index (χ3n) is 15.7. The molecule has 62 heavy (non-hydrogen) atoms. The summed E-state index contributed by atoms with van der Waals surface area (Å²) in [5.74, 6) is 0.806. The van der Waals surface area contributed by atoms with E-state index in [0.29, 0.717) is 13.0 Å². The lowest BCUT2D eigenvalue weighted by Crippen LogP contribution is -2.67. The van der Waals surface area contributed by atoms with Crippen molar-refractivity contribution in [2.45, 2.75) is 250 Å². The maximum atomic E-state index is 11.3. The quantitative estimate of drug-likeness (QED) is 0.136. The van der Waals surface area contributed by atoms with Crippen molar-refractivity contribution in [3.8, 4) is 5.75 Å². The van der Waals surface area contributed by atoms with Crippen LogP contribution in [0.25, 0.3) is 0 Å². The van der Waals surface area contributed by atoms with Crippen LogP contribution in [-0.4, -0.2) is 110 Å². The van der Waals surface area contributed by atoms with Gasteiger partial charge in [-0.05, 0) is 108 Å². The number of hydrogen-bond acceptors (Lipinski definition) is 9. The largest absolute Gasteiger partial charge is 0.497 e. The van der Waals surface area contributed by atoms with Crippen LogP contribution in [0.3, 0.4) is 0 Å². The molecule has 1 aromatic carbocycles. The molecule has 364 valence electrons. The van der Waals surface area contributed by atoms with Crippen molar-refractivity contribution in [1.82, 2.24) is 0 Å². The predicted octanol–water partition coefficient (Wildman–Crippen LogP) is 13.3. The maximum absolute atomic E-state index is 11.3. The van der Waals surface area contributed by atoms with E-state index in [1.165, 1.54) is 0 Å². The van der Waals surface area contributed by atoms with Crippen molar-refractivity contribution >= 4 is 41.6 Å². The molecule has 1 aromatic rings. The molecule has 1 heterocycles. The van der Waals surface area contributed by atoms with E-state index in [2.05, 4.69) is 169 Å². The van der Waals surface area contributed by atoms with Crippen LogP contribution < -0.4 is 4.74 Å². The Morgan fingerprint density at radius 1 is 0.597 bits per heavy atom. The highest BCUT2D eigenvalue weighted by molar-refractivity contribution is 6.76. The Hall–Kier alpha value is -0.216. The Morgan fingerprint density at radius 3 is 1.44 bits per heavy atom. The second kappa shape index (κ2) is 20.6. The van der Waals surface area contributed by atoms with Crippen LogP contribution in [0, 0.1) is 0 Å². The molecule has 1 aliphatic rings. The molecule has 0 amide bonds. The Balaban J connectivity index is 3.10. The van der Waals surface area contributed by atoms with Gasteiger partial charge < -0.3 is 41.4 Å². The first-order chi connectivity index (χ1) is 27.5. The summed E-state index contributed by atoms with van der Waals surface area (Å²) in [5, 5.41) is 10.9. The molecule has 0 radical (unpaired) electrons. The minimum absolute atomic E-state index is 0.0633. The Morgan fingerprint density at radius 2 is 1.02 bits per heavy atom. The van der Waals surface area contributed by atoms with Gasteiger partial charge in [0, 0.05) is 6.42 Å². The fourth-order valence-corrected chi connectivity index (χ4v) is 12.8. The van der Waals surface area contributed by atoms with Crippen molar-refractivity contribution in [2.75, 3.05) is 20.3 Å². The highest BCUT2D eigenvalue weighted by atomic mass is 28.4. The minimum atomic E-state index is -2.56. The molecule has 9 nitrogen and oxygen atoms in total. The molecule has 1 aliphatic heterocycles. The third kappa shape index (κ3) is 14.9. The number of benzene rings is 1. The van der Waals surface area contributed by atoms with Gasteiger partial charge in [-0.25, -0.2) is 0 Å². The van der Waals surface area contributed by atoms with E-state index >= 15 is 0 Å². The monoisotopic (exact) mass is 959 g/mol. The highest BCUT2D eigenvalue weighted by Crippen LogP contribution is 2.48. The normalized spacial score (nSPS) is 22.4. The standard InChI is InChI=1S/C48H98O9Si5/c1-44(2,3)58(17,18)53-38-31-37(39(32-49)54-59(19,20)45(4,5)6)52-43(41(38)56-61(23,24)47(10,11)12)42(57-62(25,26)48(13,14)15)40(55-60(21,22)46(7,8)9)34-51-33-35-27-29-36(50-16)30-28-35/h27-30,37-43,49H,31-34H2,1-26H3/t37-,38-,39-,40-,41-,42+,43-/m1/s1. The van der Waals surface area contributed by atoms with Gasteiger partial charge >= 0.3 is 0 Å². The maximum Gasteiger partial charge on any atom is 0.192 e. The number of aliphatic hydroxyl groups excluding tert-OH is 1. The van der Waals surface area contributed by atoms with E-state index in [0.717, 1.165) is 11.3 Å². The fraction of sp³-hybridized carbons (Fsp3) is 0.875. The molecule has 1 saturated heterocycles. The zero-order valence-electron chi connectivity index (χ0n) is 44.9. The second-order valence-corrected chi connectivity index (χ2v) is 49.6. The van der Waals surface area contributed by atoms with Gasteiger partial charge in [0.05, 0.1) is 57.5 Å². The average molecular weight is 960 g/mol. The molecule has 2 rings (SSSR count). The van der Waals surface area contributed by atoms with Gasteiger partial charge in [0.1, 0.15) is 18.0 Å². The first kappa shape index (κ1) is 57.9. The van der Waals surface area contributed by atoms with Crippen molar-refractivity contribution < 1.29 is 41.4 Å². The summed E-state index contributed by atoms with van der Waals surface area (Å²) in [5.41, 5.74) is 1.04. The number of rotatable bonds is 19. The average Bonchev–Trinajstić information content (AvgIpc) is 3.07. The molecular formula is C48H98O9Si5. The third-order valence-corrected chi connectivity index (χ3v) is 38.2. The first-order valence-corrected chi connectivity index (χ1v) is 37.9. The summed E-state index contributed by atoms with van der Waals surface area (Å²) in [6.45, 7) is 57.7. The van der Waals surface area contributed by atoms with Crippen LogP contribution in [0.4, 0.5) is 0 Å². The summed E-state index contributed by atoms with van der Waals surface area (Å²) in [7, 11) is -10.6. The summed E-state index contributed by atoms with van der Waals surface area (Å²) >= 11 is 0. The number of ether oxygens (including phenoxy) is 3. The van der Waals surface area contributed by atoms with E-state index in [1.807, 2.05) is 24.3 Å². The van der Waals surface area contributed by atoms with Crippen molar-refractivity contribution in [1.29, 1.82) is 0 Å². The van der Waals surface area contributed by atoms with E-state index in [9.17, 15) is 5.11 Å². The zero-order chi connectivity index (χ0) is 48.5. The minimum Gasteiger partial charge on any atom is -0.497 e. The summed E-state index contributed by atoms with van der Waals surface area (Å²) in [4.78, 5) is 0. The SMILES string of the molecule is COc1ccc(COC[C@@H](O[Si](C)(C)C(C)(C)C)[C@H](O[Si](C)(C)C(C)(C)C)[C@@H]2O[C@@H]([C@@H](CO)O[Si](C)(C)C(C)(C)C)C[C@@H](O[Si](C)(C)C(C)(C)C)[C@H]2O[Si](C)(C)C(C)(C)C)cc1. The lowest BCUT2D eigenvalue weighted by molar-refractivity contribution is -0.224. The van der Waals surface area contributed by atoms with Gasteiger partial charge in [-0.1, -0.05) is 116 Å². The number of methoxy groups -OCH3 is 1. The second-order valence-electron chi connectivity index (χ2n) is 25.9. The molecule has 1 fully saturated rings. The van der Waals surface area contributed by atoms with Gasteiger partial charge in [-0.15, -0.1) is 0 Å². The van der Waals surface area contributed by atoms with Gasteiger partial charge in [0.15, 0.2) is 41.6 Å². The molecule has 1 N–H and O–H groups in total. The van der Waals surface area contributed by atoms with E-state index in [1.54, 1.807) is 7.11 Å². The van der Waals surface area contributed by atoms with Crippen LogP contribution in [0.5, 0.6) is 5.75 Å². The van der Waals surface area contributed by atoms with E-state index in [-0.39, 0.29) is 44.5 Å². The van der Waals surface area contributed by atoms with Crippen LogP contribution in [0.15, 0.2) is 24.3 Å². The molecule has 7 atom stereocenters. The van der Waals surface area contributed by atoms with Crippen LogP contribution >= 0.6 is 0 Å². The molecule has 0 saturated carbocycles. The van der Waals surface area contributed by atoms with Gasteiger partial charge in [0.2, 0.25) is 0 Å². The number of hydrogen-bond donors (Lipinski definition) is 1. The van der Waals surface area contributed by atoms with Crippen LogP contribution in [0.2, 0.25) is 90.7 Å². The number of aliphatic hydroxyl groups is 1. The Labute approximate surface area is 387 Å². The lowest BCUT2D eigenvalue weighted by atomic mass is 9.91. The predicted molar refractivity (Wildman–Crippen MR) is 273 cm³/mol. The molecule has 0 spiro atoms. The van der Waals surface area contributed by atoms with Gasteiger partial charge in [0.25, 0.3) is 0 Å². The highest BCUT2D eigenvalue weighted by Gasteiger charge is 2.57. The molecule has 0 bridgehead atoms. The van der Waals surface area contributed by atoms with Crippen molar-refractivity contribution in [3.05, 3.63) is 29.8 Å². The smallest absolute Gasteiger partial charge is 0.192 e. The summed E-state index contributed by atoms with van der Waals surface area (Å²) in [6, 6.07) is 8.03. The fourth-order valence-electron chi connectivity index (χ4n) is 6.17. The summed E-state index contributed by atoms with van der Waals surface area (Å²) < 4.78 is 57.7.